The molecule has 1 N–H and O–H groups in total. The molecule has 0 aliphatic carbocycles. The Labute approximate surface area is 114 Å². The summed E-state index contributed by atoms with van der Waals surface area (Å²) in [5.41, 5.74) is 1.09. The van der Waals surface area contributed by atoms with Crippen LogP contribution >= 0.6 is 15.9 Å². The van der Waals surface area contributed by atoms with Crippen LogP contribution in [0.25, 0.3) is 0 Å². The van der Waals surface area contributed by atoms with Gasteiger partial charge < -0.3 is 14.6 Å². The van der Waals surface area contributed by atoms with Crippen LogP contribution in [0.15, 0.2) is 28.7 Å². The van der Waals surface area contributed by atoms with Crippen LogP contribution in [0.2, 0.25) is 0 Å². The van der Waals surface area contributed by atoms with Gasteiger partial charge in [0.2, 0.25) is 0 Å². The first-order valence-corrected chi connectivity index (χ1v) is 6.54. The number of carbonyl (C=O) groups is 1. The van der Waals surface area contributed by atoms with E-state index in [1.54, 1.807) is 0 Å². The second-order valence-electron chi connectivity index (χ2n) is 4.59. The van der Waals surface area contributed by atoms with Crippen LogP contribution in [0.1, 0.15) is 18.9 Å². The average molecular weight is 315 g/mol. The molecule has 4 nitrogen and oxygen atoms in total. The van der Waals surface area contributed by atoms with E-state index in [1.807, 2.05) is 31.2 Å². The molecule has 0 aromatic heterocycles. The number of carboxylic acid groups (broad SMARTS) is 1. The minimum absolute atomic E-state index is 0.0179. The van der Waals surface area contributed by atoms with Crippen molar-refractivity contribution in [3.05, 3.63) is 34.3 Å². The highest BCUT2D eigenvalue weighted by atomic mass is 79.9. The molecule has 1 saturated heterocycles. The van der Waals surface area contributed by atoms with E-state index < -0.39 is 11.8 Å². The zero-order valence-corrected chi connectivity index (χ0v) is 11.6. The zero-order chi connectivity index (χ0) is 13.2. The Hall–Kier alpha value is -0.910. The maximum absolute atomic E-state index is 10.6. The minimum atomic E-state index is -0.864. The molecular formula is C13H15BrO4. The van der Waals surface area contributed by atoms with Gasteiger partial charge in [-0.3, -0.25) is 4.79 Å². The summed E-state index contributed by atoms with van der Waals surface area (Å²) in [6.45, 7) is 2.18. The number of benzene rings is 1. The fourth-order valence-corrected chi connectivity index (χ4v) is 2.32. The molecule has 0 spiro atoms. The van der Waals surface area contributed by atoms with Gasteiger partial charge in [-0.15, -0.1) is 0 Å². The number of hydrogen-bond acceptors (Lipinski definition) is 3. The van der Waals surface area contributed by atoms with Crippen molar-refractivity contribution in [3.63, 3.8) is 0 Å². The van der Waals surface area contributed by atoms with Gasteiger partial charge >= 0.3 is 5.97 Å². The van der Waals surface area contributed by atoms with E-state index in [0.29, 0.717) is 13.0 Å². The Bertz CT molecular complexity index is 431. The van der Waals surface area contributed by atoms with Crippen LogP contribution in [0.5, 0.6) is 0 Å². The van der Waals surface area contributed by atoms with Crippen LogP contribution in [-0.4, -0.2) is 29.6 Å². The molecule has 2 rings (SSSR count). The van der Waals surface area contributed by atoms with Crippen LogP contribution in [0, 0.1) is 0 Å². The summed E-state index contributed by atoms with van der Waals surface area (Å²) in [4.78, 5) is 10.6. The summed E-state index contributed by atoms with van der Waals surface area (Å²) in [5.74, 6) is -1.59. The van der Waals surface area contributed by atoms with Crippen molar-refractivity contribution in [1.82, 2.24) is 0 Å². The molecule has 18 heavy (non-hydrogen) atoms. The first-order chi connectivity index (χ1) is 8.47. The lowest BCUT2D eigenvalue weighted by Gasteiger charge is -2.23. The monoisotopic (exact) mass is 314 g/mol. The van der Waals surface area contributed by atoms with Gasteiger partial charge in [0.15, 0.2) is 5.79 Å². The molecule has 1 aromatic carbocycles. The molecule has 5 heteroatoms. The third-order valence-electron chi connectivity index (χ3n) is 2.83. The van der Waals surface area contributed by atoms with E-state index in [2.05, 4.69) is 15.9 Å². The lowest BCUT2D eigenvalue weighted by Crippen LogP contribution is -2.30. The van der Waals surface area contributed by atoms with Crippen LogP contribution in [0.4, 0.5) is 0 Å². The molecule has 2 atom stereocenters. The molecule has 0 amide bonds. The molecule has 1 aliphatic rings. The van der Waals surface area contributed by atoms with Crippen LogP contribution < -0.4 is 0 Å². The first kappa shape index (κ1) is 13.5. The lowest BCUT2D eigenvalue weighted by atomic mass is 10.1. The molecule has 98 valence electrons. The lowest BCUT2D eigenvalue weighted by molar-refractivity contribution is -0.158. The van der Waals surface area contributed by atoms with Gasteiger partial charge in [-0.05, 0) is 24.6 Å². The van der Waals surface area contributed by atoms with Gasteiger partial charge in [-0.25, -0.2) is 0 Å². The number of ether oxygens (including phenoxy) is 2. The van der Waals surface area contributed by atoms with E-state index in [-0.39, 0.29) is 12.5 Å². The SMILES string of the molecule is CC1(Cc2ccc(Br)cc2)OCC(CC(=O)O)O1. The highest BCUT2D eigenvalue weighted by molar-refractivity contribution is 9.10. The maximum Gasteiger partial charge on any atom is 0.306 e. The van der Waals surface area contributed by atoms with Gasteiger partial charge in [0.05, 0.1) is 19.1 Å². The average Bonchev–Trinajstić information content (AvgIpc) is 2.63. The Balaban J connectivity index is 1.97. The standard InChI is InChI=1S/C13H15BrO4/c1-13(7-9-2-4-10(14)5-3-9)17-8-11(18-13)6-12(15)16/h2-5,11H,6-8H2,1H3,(H,15,16). The fourth-order valence-electron chi connectivity index (χ4n) is 2.05. The Morgan fingerprint density at radius 1 is 1.50 bits per heavy atom. The van der Waals surface area contributed by atoms with Crippen molar-refractivity contribution in [2.75, 3.05) is 6.61 Å². The number of halogens is 1. The van der Waals surface area contributed by atoms with Crippen molar-refractivity contribution in [2.45, 2.75) is 31.7 Å². The van der Waals surface area contributed by atoms with Gasteiger partial charge in [0.25, 0.3) is 0 Å². The highest BCUT2D eigenvalue weighted by Gasteiger charge is 2.38. The normalized spacial score (nSPS) is 27.3. The molecule has 0 radical (unpaired) electrons. The highest BCUT2D eigenvalue weighted by Crippen LogP contribution is 2.29. The van der Waals surface area contributed by atoms with E-state index in [4.69, 9.17) is 14.6 Å². The molecule has 1 fully saturated rings. The smallest absolute Gasteiger partial charge is 0.306 e. The molecule has 2 unspecified atom stereocenters. The first-order valence-electron chi connectivity index (χ1n) is 5.75. The topological polar surface area (TPSA) is 55.8 Å². The molecule has 1 heterocycles. The molecule has 0 bridgehead atoms. The number of aliphatic carboxylic acids is 1. The zero-order valence-electron chi connectivity index (χ0n) is 10.1. The molecule has 1 aliphatic heterocycles. The maximum atomic E-state index is 10.6. The Kier molecular flexibility index (Phi) is 4.04. The van der Waals surface area contributed by atoms with Gasteiger partial charge in [0.1, 0.15) is 0 Å². The summed E-state index contributed by atoms with van der Waals surface area (Å²) in [5, 5.41) is 8.72. The van der Waals surface area contributed by atoms with E-state index in [9.17, 15) is 4.79 Å². The Morgan fingerprint density at radius 3 is 2.78 bits per heavy atom. The molecule has 0 saturated carbocycles. The Morgan fingerprint density at radius 2 is 2.17 bits per heavy atom. The van der Waals surface area contributed by atoms with Crippen molar-refractivity contribution >= 4 is 21.9 Å². The third kappa shape index (κ3) is 3.54. The summed E-state index contributed by atoms with van der Waals surface area (Å²) in [7, 11) is 0. The summed E-state index contributed by atoms with van der Waals surface area (Å²) in [6.07, 6.45) is 0.231. The third-order valence-corrected chi connectivity index (χ3v) is 3.36. The largest absolute Gasteiger partial charge is 0.481 e. The second-order valence-corrected chi connectivity index (χ2v) is 5.50. The quantitative estimate of drug-likeness (QED) is 0.928. The number of hydrogen-bond donors (Lipinski definition) is 1. The summed E-state index contributed by atoms with van der Waals surface area (Å²) >= 11 is 3.38. The van der Waals surface area contributed by atoms with Crippen LogP contribution in [-0.2, 0) is 20.7 Å². The molecule has 1 aromatic rings. The number of rotatable bonds is 4. The number of carboxylic acids is 1. The second kappa shape index (κ2) is 5.38. The van der Waals surface area contributed by atoms with Crippen molar-refractivity contribution in [1.29, 1.82) is 0 Å². The van der Waals surface area contributed by atoms with E-state index in [0.717, 1.165) is 10.0 Å². The summed E-state index contributed by atoms with van der Waals surface area (Å²) in [6, 6.07) is 7.91. The predicted molar refractivity (Wildman–Crippen MR) is 69.3 cm³/mol. The fraction of sp³-hybridized carbons (Fsp3) is 0.462. The van der Waals surface area contributed by atoms with Crippen LogP contribution in [0.3, 0.4) is 0 Å². The van der Waals surface area contributed by atoms with Gasteiger partial charge in [0, 0.05) is 10.9 Å². The molecular weight excluding hydrogens is 300 g/mol. The van der Waals surface area contributed by atoms with Gasteiger partial charge in [-0.1, -0.05) is 28.1 Å². The minimum Gasteiger partial charge on any atom is -0.481 e. The van der Waals surface area contributed by atoms with Crippen molar-refractivity contribution in [3.8, 4) is 0 Å². The van der Waals surface area contributed by atoms with Crippen molar-refractivity contribution in [2.24, 2.45) is 0 Å². The van der Waals surface area contributed by atoms with E-state index in [1.165, 1.54) is 0 Å². The summed E-state index contributed by atoms with van der Waals surface area (Å²) < 4.78 is 12.3. The predicted octanol–water partition coefficient (Wildman–Crippen LogP) is 2.60. The van der Waals surface area contributed by atoms with Gasteiger partial charge in [-0.2, -0.15) is 0 Å². The van der Waals surface area contributed by atoms with E-state index >= 15 is 0 Å². The van der Waals surface area contributed by atoms with Crippen molar-refractivity contribution < 1.29 is 19.4 Å².